The van der Waals surface area contributed by atoms with Crippen molar-refractivity contribution in [2.24, 2.45) is 0 Å². The zero-order chi connectivity index (χ0) is 13.4. The van der Waals surface area contributed by atoms with E-state index in [1.807, 2.05) is 30.3 Å². The van der Waals surface area contributed by atoms with E-state index in [1.54, 1.807) is 12.4 Å². The molecular formula is C16H15N3O. The summed E-state index contributed by atoms with van der Waals surface area (Å²) in [5.74, 6) is 1.86. The summed E-state index contributed by atoms with van der Waals surface area (Å²) in [7, 11) is 0. The Kier molecular flexibility index (Phi) is 2.74. The van der Waals surface area contributed by atoms with E-state index in [1.165, 1.54) is 12.8 Å². The lowest BCUT2D eigenvalue weighted by Gasteiger charge is -2.01. The number of hydrogen-bond acceptors (Lipinski definition) is 4. The summed E-state index contributed by atoms with van der Waals surface area (Å²) < 4.78 is 5.89. The largest absolute Gasteiger partial charge is 0.460 e. The molecule has 0 spiro atoms. The molecule has 2 aromatic heterocycles. The number of rotatable bonds is 4. The van der Waals surface area contributed by atoms with Crippen molar-refractivity contribution in [2.75, 3.05) is 0 Å². The minimum absolute atomic E-state index is 0.694. The van der Waals surface area contributed by atoms with Crippen LogP contribution in [-0.4, -0.2) is 16.0 Å². The van der Waals surface area contributed by atoms with Crippen LogP contribution in [0.4, 0.5) is 0 Å². The van der Waals surface area contributed by atoms with Crippen molar-refractivity contribution >= 4 is 11.0 Å². The van der Waals surface area contributed by atoms with E-state index in [0.29, 0.717) is 6.04 Å². The zero-order valence-electron chi connectivity index (χ0n) is 11.0. The summed E-state index contributed by atoms with van der Waals surface area (Å²) in [6.45, 7) is 0.804. The molecule has 0 amide bonds. The molecule has 1 aliphatic carbocycles. The molecule has 0 atom stereocenters. The molecule has 3 aromatic rings. The molecule has 2 heterocycles. The zero-order valence-corrected chi connectivity index (χ0v) is 11.0. The third kappa shape index (κ3) is 2.30. The van der Waals surface area contributed by atoms with Gasteiger partial charge in [0.05, 0.1) is 17.6 Å². The molecule has 1 N–H and O–H groups in total. The molecule has 20 heavy (non-hydrogen) atoms. The first-order valence-electron chi connectivity index (χ1n) is 6.92. The predicted molar refractivity (Wildman–Crippen MR) is 77.1 cm³/mol. The topological polar surface area (TPSA) is 51.0 Å². The highest BCUT2D eigenvalue weighted by Gasteiger charge is 2.20. The highest BCUT2D eigenvalue weighted by atomic mass is 16.3. The van der Waals surface area contributed by atoms with Gasteiger partial charge < -0.3 is 9.73 Å². The molecule has 100 valence electrons. The van der Waals surface area contributed by atoms with Crippen molar-refractivity contribution < 1.29 is 4.42 Å². The Balaban J connectivity index is 1.60. The van der Waals surface area contributed by atoms with Crippen LogP contribution >= 0.6 is 0 Å². The maximum absolute atomic E-state index is 5.89. The van der Waals surface area contributed by atoms with Crippen molar-refractivity contribution in [3.05, 3.63) is 48.5 Å². The second-order valence-corrected chi connectivity index (χ2v) is 5.18. The Morgan fingerprint density at radius 1 is 1.05 bits per heavy atom. The van der Waals surface area contributed by atoms with Gasteiger partial charge in [0.1, 0.15) is 11.5 Å². The molecule has 0 unspecified atom stereocenters. The van der Waals surface area contributed by atoms with E-state index in [2.05, 4.69) is 15.3 Å². The highest BCUT2D eigenvalue weighted by Crippen LogP contribution is 2.25. The van der Waals surface area contributed by atoms with Gasteiger partial charge in [-0.1, -0.05) is 0 Å². The van der Waals surface area contributed by atoms with Crippen LogP contribution in [0.2, 0.25) is 0 Å². The molecule has 1 aliphatic rings. The van der Waals surface area contributed by atoms with Crippen LogP contribution < -0.4 is 5.32 Å². The fourth-order valence-electron chi connectivity index (χ4n) is 2.28. The molecule has 4 rings (SSSR count). The third-order valence-electron chi connectivity index (χ3n) is 3.56. The molecule has 0 radical (unpaired) electrons. The molecule has 4 nitrogen and oxygen atoms in total. The van der Waals surface area contributed by atoms with Gasteiger partial charge in [0.2, 0.25) is 0 Å². The van der Waals surface area contributed by atoms with Gasteiger partial charge in [-0.15, -0.1) is 0 Å². The number of fused-ring (bicyclic) bond motifs is 1. The maximum Gasteiger partial charge on any atom is 0.134 e. The lowest BCUT2D eigenvalue weighted by atomic mass is 10.1. The maximum atomic E-state index is 5.89. The summed E-state index contributed by atoms with van der Waals surface area (Å²) in [6, 6.07) is 10.8. The Hall–Kier alpha value is -2.20. The first-order chi connectivity index (χ1) is 9.88. The van der Waals surface area contributed by atoms with Crippen LogP contribution in [0.3, 0.4) is 0 Å². The summed E-state index contributed by atoms with van der Waals surface area (Å²) in [5, 5.41) is 3.45. The second kappa shape index (κ2) is 4.72. The van der Waals surface area contributed by atoms with Crippen LogP contribution in [0.15, 0.2) is 47.1 Å². The summed E-state index contributed by atoms with van der Waals surface area (Å²) in [4.78, 5) is 8.60. The van der Waals surface area contributed by atoms with Crippen molar-refractivity contribution in [2.45, 2.75) is 25.4 Å². The smallest absolute Gasteiger partial charge is 0.134 e. The molecule has 0 bridgehead atoms. The van der Waals surface area contributed by atoms with Gasteiger partial charge >= 0.3 is 0 Å². The molecule has 0 saturated heterocycles. The van der Waals surface area contributed by atoms with E-state index in [9.17, 15) is 0 Å². The van der Waals surface area contributed by atoms with Gasteiger partial charge in [-0.2, -0.15) is 0 Å². The third-order valence-corrected chi connectivity index (χ3v) is 3.56. The SMILES string of the molecule is c1cnc2cc(-c3ccc(CNC4CC4)o3)ccc2n1. The van der Waals surface area contributed by atoms with Gasteiger partial charge in [0, 0.05) is 24.0 Å². The number of nitrogens with one attached hydrogen (secondary N) is 1. The first-order valence-corrected chi connectivity index (χ1v) is 6.92. The van der Waals surface area contributed by atoms with Gasteiger partial charge in [-0.25, -0.2) is 0 Å². The van der Waals surface area contributed by atoms with E-state index in [4.69, 9.17) is 4.42 Å². The van der Waals surface area contributed by atoms with Gasteiger partial charge in [0.25, 0.3) is 0 Å². The van der Waals surface area contributed by atoms with Crippen LogP contribution in [0.25, 0.3) is 22.4 Å². The Bertz CT molecular complexity index is 746. The van der Waals surface area contributed by atoms with Gasteiger partial charge in [0.15, 0.2) is 0 Å². The van der Waals surface area contributed by atoms with Crippen LogP contribution in [0.1, 0.15) is 18.6 Å². The number of hydrogen-bond donors (Lipinski definition) is 1. The van der Waals surface area contributed by atoms with E-state index in [0.717, 1.165) is 34.7 Å². The van der Waals surface area contributed by atoms with Crippen molar-refractivity contribution in [3.63, 3.8) is 0 Å². The average molecular weight is 265 g/mol. The average Bonchev–Trinajstić information content (AvgIpc) is 3.21. The van der Waals surface area contributed by atoms with E-state index in [-0.39, 0.29) is 0 Å². The van der Waals surface area contributed by atoms with Gasteiger partial charge in [-0.3, -0.25) is 9.97 Å². The molecule has 0 aliphatic heterocycles. The molecule has 1 fully saturated rings. The lowest BCUT2D eigenvalue weighted by Crippen LogP contribution is -2.14. The molecule has 1 saturated carbocycles. The molecule has 1 aromatic carbocycles. The number of nitrogens with zero attached hydrogens (tertiary/aromatic N) is 2. The summed E-state index contributed by atoms with van der Waals surface area (Å²) in [5.41, 5.74) is 2.83. The predicted octanol–water partition coefficient (Wildman–Crippen LogP) is 3.14. The van der Waals surface area contributed by atoms with Crippen LogP contribution in [0.5, 0.6) is 0 Å². The fourth-order valence-corrected chi connectivity index (χ4v) is 2.28. The summed E-state index contributed by atoms with van der Waals surface area (Å²) >= 11 is 0. The standard InChI is InChI=1S/C16H15N3O/c1-5-14-15(18-8-7-17-14)9-11(1)16-6-4-13(20-16)10-19-12-2-3-12/h1,4-9,12,19H,2-3,10H2. The lowest BCUT2D eigenvalue weighted by molar-refractivity contribution is 0.492. The van der Waals surface area contributed by atoms with Crippen molar-refractivity contribution in [1.29, 1.82) is 0 Å². The fraction of sp³-hybridized carbons (Fsp3) is 0.250. The summed E-state index contributed by atoms with van der Waals surface area (Å²) in [6.07, 6.45) is 5.99. The monoisotopic (exact) mass is 265 g/mol. The Labute approximate surface area is 116 Å². The van der Waals surface area contributed by atoms with Crippen molar-refractivity contribution in [3.8, 4) is 11.3 Å². The second-order valence-electron chi connectivity index (χ2n) is 5.18. The molecular weight excluding hydrogens is 250 g/mol. The van der Waals surface area contributed by atoms with Crippen LogP contribution in [0, 0.1) is 0 Å². The van der Waals surface area contributed by atoms with Crippen LogP contribution in [-0.2, 0) is 6.54 Å². The van der Waals surface area contributed by atoms with Gasteiger partial charge in [-0.05, 0) is 43.2 Å². The highest BCUT2D eigenvalue weighted by molar-refractivity contribution is 5.79. The first kappa shape index (κ1) is 11.6. The number of furan rings is 1. The number of benzene rings is 1. The Morgan fingerprint density at radius 3 is 2.75 bits per heavy atom. The Morgan fingerprint density at radius 2 is 1.90 bits per heavy atom. The van der Waals surface area contributed by atoms with E-state index < -0.39 is 0 Å². The minimum atomic E-state index is 0.694. The molecule has 4 heteroatoms. The van der Waals surface area contributed by atoms with Crippen molar-refractivity contribution in [1.82, 2.24) is 15.3 Å². The number of aromatic nitrogens is 2. The minimum Gasteiger partial charge on any atom is -0.460 e. The quantitative estimate of drug-likeness (QED) is 0.787. The normalized spacial score (nSPS) is 14.8. The van der Waals surface area contributed by atoms with E-state index >= 15 is 0 Å².